The molecule has 3 aromatic carbocycles. The quantitative estimate of drug-likeness (QED) is 0.245. The highest BCUT2D eigenvalue weighted by molar-refractivity contribution is 6.10. The summed E-state index contributed by atoms with van der Waals surface area (Å²) in [6.07, 6.45) is 0. The number of ether oxygens (including phenoxy) is 1. The summed E-state index contributed by atoms with van der Waals surface area (Å²) in [6.45, 7) is -0.0413. The molecular weight excluding hydrogens is 453 g/mol. The van der Waals surface area contributed by atoms with Crippen molar-refractivity contribution in [2.24, 2.45) is 12.2 Å². The molecule has 0 aliphatic rings. The van der Waals surface area contributed by atoms with Crippen molar-refractivity contribution in [1.29, 1.82) is 0 Å². The summed E-state index contributed by atoms with van der Waals surface area (Å²) in [5, 5.41) is 23.8. The largest absolute Gasteiger partial charge is 0.457 e. The molecule has 0 unspecified atom stereocenters. The number of hydrogen-bond donors (Lipinski definition) is 0. The van der Waals surface area contributed by atoms with E-state index in [0.717, 1.165) is 5.56 Å². The molecule has 0 bridgehead atoms. The monoisotopic (exact) mass is 471 g/mol. The first-order chi connectivity index (χ1) is 17.2. The van der Waals surface area contributed by atoms with Gasteiger partial charge in [-0.15, -0.1) is 15.3 Å². The van der Waals surface area contributed by atoms with Gasteiger partial charge in [0, 0.05) is 18.2 Å². The second-order valence-corrected chi connectivity index (χ2v) is 7.29. The molecule has 11 heteroatoms. The Morgan fingerprint density at radius 2 is 1.63 bits per heavy atom. The van der Waals surface area contributed by atoms with Gasteiger partial charge in [0.2, 0.25) is 11.7 Å². The molecule has 5 rings (SSSR count). The van der Waals surface area contributed by atoms with Gasteiger partial charge in [-0.2, -0.15) is 0 Å². The van der Waals surface area contributed by atoms with Gasteiger partial charge in [0.05, 0.1) is 0 Å². The number of rotatable bonds is 8. The fourth-order valence-corrected chi connectivity index (χ4v) is 3.13. The van der Waals surface area contributed by atoms with Crippen LogP contribution in [0.1, 0.15) is 17.3 Å². The normalized spacial score (nSPS) is 11.4. The molecule has 0 amide bonds. The van der Waals surface area contributed by atoms with Crippen LogP contribution in [0.5, 0.6) is 11.5 Å². The predicted octanol–water partition coefficient (Wildman–Crippen LogP) is 4.16. The number of oxime groups is 1. The molecule has 0 aliphatic carbocycles. The van der Waals surface area contributed by atoms with E-state index in [2.05, 4.69) is 30.9 Å². The number of hydrogen-bond acceptors (Lipinski definition) is 9. The highest BCUT2D eigenvalue weighted by atomic mass is 19.1. The van der Waals surface area contributed by atoms with Gasteiger partial charge in [-0.3, -0.25) is 0 Å². The molecule has 0 saturated heterocycles. The van der Waals surface area contributed by atoms with Gasteiger partial charge in [0.1, 0.15) is 17.3 Å². The van der Waals surface area contributed by atoms with E-state index < -0.39 is 0 Å². The van der Waals surface area contributed by atoms with E-state index in [0.29, 0.717) is 34.5 Å². The van der Waals surface area contributed by atoms with Gasteiger partial charge in [-0.1, -0.05) is 35.5 Å². The maximum atomic E-state index is 13.0. The van der Waals surface area contributed by atoms with E-state index in [9.17, 15) is 4.39 Å². The van der Waals surface area contributed by atoms with Crippen LogP contribution >= 0.6 is 0 Å². The minimum Gasteiger partial charge on any atom is -0.457 e. The molecule has 0 N–H and O–H groups in total. The number of benzene rings is 3. The molecule has 10 nitrogen and oxygen atoms in total. The SMILES string of the molecule is Cn1nnnc1/C(=N\OCc1nnc(-c2ccc(Oc3ccc(F)cc3)cc2)o1)c1ccccc1. The zero-order chi connectivity index (χ0) is 24.0. The third-order valence-corrected chi connectivity index (χ3v) is 4.84. The number of nitrogens with zero attached hydrogens (tertiary/aromatic N) is 7. The van der Waals surface area contributed by atoms with Crippen molar-refractivity contribution in [2.45, 2.75) is 6.61 Å². The van der Waals surface area contributed by atoms with E-state index in [1.165, 1.54) is 16.8 Å². The molecule has 0 radical (unpaired) electrons. The zero-order valence-electron chi connectivity index (χ0n) is 18.4. The first-order valence-corrected chi connectivity index (χ1v) is 10.5. The Morgan fingerprint density at radius 3 is 2.31 bits per heavy atom. The van der Waals surface area contributed by atoms with Crippen molar-refractivity contribution in [3.63, 3.8) is 0 Å². The van der Waals surface area contributed by atoms with Crippen LogP contribution in [0.25, 0.3) is 11.5 Å². The number of aryl methyl sites for hydroxylation is 1. The Hall–Kier alpha value is -4.93. The Bertz CT molecular complexity index is 1430. The van der Waals surface area contributed by atoms with E-state index in [-0.39, 0.29) is 18.3 Å². The van der Waals surface area contributed by atoms with Crippen LogP contribution in [-0.2, 0) is 18.5 Å². The fraction of sp³-hybridized carbons (Fsp3) is 0.0833. The fourth-order valence-electron chi connectivity index (χ4n) is 3.13. The summed E-state index contributed by atoms with van der Waals surface area (Å²) in [7, 11) is 1.72. The van der Waals surface area contributed by atoms with Crippen LogP contribution < -0.4 is 4.74 Å². The van der Waals surface area contributed by atoms with Crippen LogP contribution in [0.2, 0.25) is 0 Å². The van der Waals surface area contributed by atoms with Gasteiger partial charge in [0.25, 0.3) is 5.89 Å². The molecule has 2 aromatic heterocycles. The third kappa shape index (κ3) is 5.19. The summed E-state index contributed by atoms with van der Waals surface area (Å²) in [5.74, 6) is 1.82. The lowest BCUT2D eigenvalue weighted by molar-refractivity contribution is 0.111. The van der Waals surface area contributed by atoms with E-state index in [1.807, 2.05) is 30.3 Å². The summed E-state index contributed by atoms with van der Waals surface area (Å²) in [6, 6.07) is 22.3. The number of tetrazole rings is 1. The summed E-state index contributed by atoms with van der Waals surface area (Å²) >= 11 is 0. The molecule has 0 saturated carbocycles. The highest BCUT2D eigenvalue weighted by Crippen LogP contribution is 2.25. The maximum absolute atomic E-state index is 13.0. The average molecular weight is 471 g/mol. The Morgan fingerprint density at radius 1 is 0.914 bits per heavy atom. The van der Waals surface area contributed by atoms with Crippen molar-refractivity contribution in [2.75, 3.05) is 0 Å². The minimum atomic E-state index is -0.323. The second-order valence-electron chi connectivity index (χ2n) is 7.29. The van der Waals surface area contributed by atoms with Gasteiger partial charge >= 0.3 is 0 Å². The first kappa shape index (κ1) is 21.9. The van der Waals surface area contributed by atoms with Crippen molar-refractivity contribution >= 4 is 5.71 Å². The number of aromatic nitrogens is 6. The summed E-state index contributed by atoms with van der Waals surface area (Å²) in [5.41, 5.74) is 1.96. The summed E-state index contributed by atoms with van der Waals surface area (Å²) in [4.78, 5) is 5.49. The van der Waals surface area contributed by atoms with Crippen LogP contribution in [0.15, 0.2) is 88.4 Å². The molecule has 0 spiro atoms. The Kier molecular flexibility index (Phi) is 6.20. The van der Waals surface area contributed by atoms with Gasteiger partial charge < -0.3 is 14.0 Å². The standard InChI is InChI=1S/C24H18FN7O3/c1-32-23(27-30-31-32)22(16-5-3-2-4-6-16)29-33-15-21-26-28-24(35-21)17-7-11-19(12-8-17)34-20-13-9-18(25)10-14-20/h2-14H,15H2,1H3/b29-22-. The second kappa shape index (κ2) is 9.91. The van der Waals surface area contributed by atoms with Crippen molar-refractivity contribution in [3.8, 4) is 23.0 Å². The molecule has 5 aromatic rings. The lowest BCUT2D eigenvalue weighted by Gasteiger charge is -2.05. The van der Waals surface area contributed by atoms with E-state index >= 15 is 0 Å². The predicted molar refractivity (Wildman–Crippen MR) is 122 cm³/mol. The van der Waals surface area contributed by atoms with Crippen LogP contribution in [0.3, 0.4) is 0 Å². The van der Waals surface area contributed by atoms with Crippen LogP contribution in [0, 0.1) is 5.82 Å². The van der Waals surface area contributed by atoms with Gasteiger partial charge in [-0.05, 0) is 59.0 Å². The molecule has 174 valence electrons. The lowest BCUT2D eigenvalue weighted by Crippen LogP contribution is -2.12. The van der Waals surface area contributed by atoms with E-state index in [1.54, 1.807) is 43.4 Å². The molecule has 0 aliphatic heterocycles. The molecular formula is C24H18FN7O3. The van der Waals surface area contributed by atoms with Crippen molar-refractivity contribution in [3.05, 3.63) is 102 Å². The maximum Gasteiger partial charge on any atom is 0.257 e. The smallest absolute Gasteiger partial charge is 0.257 e. The molecule has 0 fully saturated rings. The third-order valence-electron chi connectivity index (χ3n) is 4.84. The average Bonchev–Trinajstić information content (AvgIpc) is 3.53. The van der Waals surface area contributed by atoms with Crippen LogP contribution in [-0.4, -0.2) is 36.1 Å². The van der Waals surface area contributed by atoms with Crippen molar-refractivity contribution < 1.29 is 18.4 Å². The molecule has 2 heterocycles. The Labute approximate surface area is 198 Å². The first-order valence-electron chi connectivity index (χ1n) is 10.5. The van der Waals surface area contributed by atoms with Gasteiger partial charge in [-0.25, -0.2) is 9.07 Å². The van der Waals surface area contributed by atoms with Crippen LogP contribution in [0.4, 0.5) is 4.39 Å². The topological polar surface area (TPSA) is 113 Å². The number of halogens is 1. The molecule has 35 heavy (non-hydrogen) atoms. The van der Waals surface area contributed by atoms with Crippen molar-refractivity contribution in [1.82, 2.24) is 30.4 Å². The van der Waals surface area contributed by atoms with Gasteiger partial charge in [0.15, 0.2) is 12.3 Å². The highest BCUT2D eigenvalue weighted by Gasteiger charge is 2.15. The zero-order valence-corrected chi connectivity index (χ0v) is 18.4. The summed E-state index contributed by atoms with van der Waals surface area (Å²) < 4.78 is 25.9. The van der Waals surface area contributed by atoms with E-state index in [4.69, 9.17) is 14.0 Å². The minimum absolute atomic E-state index is 0.0413. The lowest BCUT2D eigenvalue weighted by atomic mass is 10.1. The molecule has 0 atom stereocenters. The Balaban J connectivity index is 1.26.